The van der Waals surface area contributed by atoms with Crippen LogP contribution in [0.1, 0.15) is 52.4 Å². The minimum absolute atomic E-state index is 0.0679. The largest absolute Gasteiger partial charge is 0.496 e. The van der Waals surface area contributed by atoms with E-state index in [4.69, 9.17) is 41.0 Å². The number of hydrogen-bond acceptors (Lipinski definition) is 9. The molecule has 2 aromatic carbocycles. The maximum absolute atomic E-state index is 11.7. The van der Waals surface area contributed by atoms with Crippen LogP contribution in [0.25, 0.3) is 11.0 Å². The molecular formula is C32H31ClN6O5. The van der Waals surface area contributed by atoms with E-state index in [0.717, 1.165) is 61.7 Å². The molecule has 0 radical (unpaired) electrons. The third-order valence-corrected chi connectivity index (χ3v) is 9.42. The second kappa shape index (κ2) is 11.4. The summed E-state index contributed by atoms with van der Waals surface area (Å²) < 4.78 is 19.3. The van der Waals surface area contributed by atoms with Crippen LogP contribution in [0.15, 0.2) is 42.6 Å². The Morgan fingerprint density at radius 3 is 2.86 bits per heavy atom. The van der Waals surface area contributed by atoms with Crippen molar-refractivity contribution in [1.29, 1.82) is 5.26 Å². The van der Waals surface area contributed by atoms with Gasteiger partial charge in [0.05, 0.1) is 54.0 Å². The van der Waals surface area contributed by atoms with E-state index in [1.165, 1.54) is 6.07 Å². The lowest BCUT2D eigenvalue weighted by Gasteiger charge is -2.31. The Morgan fingerprint density at radius 2 is 2.14 bits per heavy atom. The molecule has 2 saturated heterocycles. The Kier molecular flexibility index (Phi) is 7.36. The van der Waals surface area contributed by atoms with Crippen LogP contribution in [0.5, 0.6) is 11.6 Å². The number of carboxylic acids is 1. The molecule has 2 aromatic heterocycles. The van der Waals surface area contributed by atoms with Gasteiger partial charge in [-0.25, -0.2) is 14.8 Å². The predicted octanol–water partition coefficient (Wildman–Crippen LogP) is 4.59. The number of hydrogen-bond donors (Lipinski definition) is 1. The van der Waals surface area contributed by atoms with E-state index in [1.807, 2.05) is 6.07 Å². The molecule has 44 heavy (non-hydrogen) atoms. The van der Waals surface area contributed by atoms with Gasteiger partial charge in [0.2, 0.25) is 5.88 Å². The lowest BCUT2D eigenvalue weighted by molar-refractivity contribution is -0.0592. The molecule has 0 bridgehead atoms. The average Bonchev–Trinajstić information content (AvgIpc) is 3.65. The van der Waals surface area contributed by atoms with Crippen molar-refractivity contribution in [2.45, 2.75) is 50.5 Å². The van der Waals surface area contributed by atoms with Gasteiger partial charge >= 0.3 is 5.97 Å². The number of carbonyl (C=O) groups is 1. The van der Waals surface area contributed by atoms with E-state index in [-0.39, 0.29) is 23.7 Å². The van der Waals surface area contributed by atoms with Crippen LogP contribution in [0.3, 0.4) is 0 Å². The quantitative estimate of drug-likeness (QED) is 0.270. The van der Waals surface area contributed by atoms with Crippen molar-refractivity contribution < 1.29 is 24.1 Å². The van der Waals surface area contributed by atoms with Gasteiger partial charge in [-0.05, 0) is 56.0 Å². The van der Waals surface area contributed by atoms with Crippen LogP contribution in [0.4, 0.5) is 0 Å². The molecule has 3 atom stereocenters. The summed E-state index contributed by atoms with van der Waals surface area (Å²) in [6, 6.07) is 12.3. The SMILES string of the molecule is COc1cc(C#N)ccc1COc1ccnc(C23CCN(Cc4nc5c(Cl)cc(C(=O)O)cc5n4C[C@@H]4CCO4)CC2C3)n1. The molecule has 11 nitrogen and oxygen atoms in total. The summed E-state index contributed by atoms with van der Waals surface area (Å²) in [7, 11) is 1.57. The average molecular weight is 615 g/mol. The van der Waals surface area contributed by atoms with Crippen molar-refractivity contribution in [3.05, 3.63) is 76.0 Å². The number of aromatic nitrogens is 4. The van der Waals surface area contributed by atoms with Gasteiger partial charge in [0.15, 0.2) is 0 Å². The van der Waals surface area contributed by atoms with E-state index >= 15 is 0 Å². The maximum atomic E-state index is 11.7. The monoisotopic (exact) mass is 614 g/mol. The molecule has 2 aliphatic heterocycles. The number of fused-ring (bicyclic) bond motifs is 2. The van der Waals surface area contributed by atoms with Gasteiger partial charge in [-0.3, -0.25) is 4.90 Å². The zero-order valence-corrected chi connectivity index (χ0v) is 25.0. The molecule has 12 heteroatoms. The molecule has 7 rings (SSSR count). The summed E-state index contributed by atoms with van der Waals surface area (Å²) in [6.45, 7) is 3.98. The topological polar surface area (TPSA) is 136 Å². The van der Waals surface area contributed by atoms with E-state index in [2.05, 4.69) is 20.5 Å². The highest BCUT2D eigenvalue weighted by Gasteiger charge is 2.59. The Bertz CT molecular complexity index is 1800. The zero-order chi connectivity index (χ0) is 30.4. The summed E-state index contributed by atoms with van der Waals surface area (Å²) in [4.78, 5) is 28.5. The van der Waals surface area contributed by atoms with Crippen molar-refractivity contribution in [3.63, 3.8) is 0 Å². The molecule has 1 N–H and O–H groups in total. The summed E-state index contributed by atoms with van der Waals surface area (Å²) in [6.07, 6.45) is 4.73. The van der Waals surface area contributed by atoms with E-state index < -0.39 is 5.97 Å². The second-order valence-electron chi connectivity index (χ2n) is 11.7. The normalized spacial score (nSPS) is 22.6. The van der Waals surface area contributed by atoms with Crippen molar-refractivity contribution in [2.75, 3.05) is 26.8 Å². The number of nitriles is 1. The smallest absolute Gasteiger partial charge is 0.335 e. The highest BCUT2D eigenvalue weighted by Crippen LogP contribution is 2.58. The van der Waals surface area contributed by atoms with Crippen LogP contribution >= 0.6 is 11.6 Å². The lowest BCUT2D eigenvalue weighted by Crippen LogP contribution is -2.38. The number of piperidine rings is 1. The molecule has 1 aliphatic carbocycles. The van der Waals surface area contributed by atoms with Crippen LogP contribution in [0.2, 0.25) is 5.02 Å². The van der Waals surface area contributed by atoms with Gasteiger partial charge < -0.3 is 23.9 Å². The van der Waals surface area contributed by atoms with Gasteiger partial charge in [0, 0.05) is 36.4 Å². The van der Waals surface area contributed by atoms with Crippen LogP contribution in [-0.2, 0) is 29.8 Å². The minimum Gasteiger partial charge on any atom is -0.496 e. The Hall–Kier alpha value is -4.24. The predicted molar refractivity (Wildman–Crippen MR) is 160 cm³/mol. The van der Waals surface area contributed by atoms with E-state index in [9.17, 15) is 9.90 Å². The number of methoxy groups -OCH3 is 1. The van der Waals surface area contributed by atoms with Gasteiger partial charge in [-0.15, -0.1) is 0 Å². The van der Waals surface area contributed by atoms with Crippen molar-refractivity contribution in [3.8, 4) is 17.7 Å². The second-order valence-corrected chi connectivity index (χ2v) is 12.1. The number of benzene rings is 2. The Morgan fingerprint density at radius 1 is 1.27 bits per heavy atom. The van der Waals surface area contributed by atoms with Crippen LogP contribution < -0.4 is 9.47 Å². The van der Waals surface area contributed by atoms with Gasteiger partial charge in [0.1, 0.15) is 29.5 Å². The number of rotatable bonds is 10. The highest BCUT2D eigenvalue weighted by atomic mass is 35.5. The first kappa shape index (κ1) is 28.5. The first-order valence-electron chi connectivity index (χ1n) is 14.7. The summed E-state index contributed by atoms with van der Waals surface area (Å²) in [5.41, 5.74) is 2.78. The Labute approximate surface area is 259 Å². The molecule has 3 aliphatic rings. The van der Waals surface area contributed by atoms with Gasteiger partial charge in [-0.2, -0.15) is 10.2 Å². The molecule has 4 heterocycles. The Balaban J connectivity index is 1.05. The van der Waals surface area contributed by atoms with Crippen molar-refractivity contribution in [1.82, 2.24) is 24.4 Å². The summed E-state index contributed by atoms with van der Waals surface area (Å²) in [5.74, 6) is 2.18. The van der Waals surface area contributed by atoms with Gasteiger partial charge in [0.25, 0.3) is 0 Å². The number of nitrogens with zero attached hydrogens (tertiary/aromatic N) is 6. The lowest BCUT2D eigenvalue weighted by atomic mass is 9.94. The van der Waals surface area contributed by atoms with Crippen molar-refractivity contribution >= 4 is 28.6 Å². The minimum atomic E-state index is -1.02. The van der Waals surface area contributed by atoms with Crippen LogP contribution in [0, 0.1) is 17.2 Å². The molecule has 2 unspecified atom stereocenters. The number of aromatic carboxylic acids is 1. The fraction of sp³-hybridized carbons (Fsp3) is 0.406. The fourth-order valence-corrected chi connectivity index (χ4v) is 6.73. The highest BCUT2D eigenvalue weighted by molar-refractivity contribution is 6.35. The molecule has 0 spiro atoms. The molecule has 1 saturated carbocycles. The number of likely N-dealkylation sites (tertiary alicyclic amines) is 1. The third-order valence-electron chi connectivity index (χ3n) is 9.13. The first-order valence-corrected chi connectivity index (χ1v) is 15.0. The standard InChI is InChI=1S/C32H31ClN6O5/c1-42-26-10-19(14-34)2-3-20(26)18-44-28-4-7-35-31(37-28)32-6-8-38(15-22(32)13-32)17-27-36-29-24(33)11-21(30(40)41)12-25(29)39(27)16-23-5-9-43-23/h2-4,7,10-12,22-23H,5-6,8-9,13,15-18H2,1H3,(H,40,41)/t22?,23-,32?/m0/s1. The van der Waals surface area contributed by atoms with Crippen LogP contribution in [-0.4, -0.2) is 68.4 Å². The number of halogens is 1. The van der Waals surface area contributed by atoms with Gasteiger partial charge in [-0.1, -0.05) is 17.7 Å². The molecule has 226 valence electrons. The molecule has 0 amide bonds. The number of imidazole rings is 1. The first-order chi connectivity index (χ1) is 21.4. The molecular weight excluding hydrogens is 584 g/mol. The zero-order valence-electron chi connectivity index (χ0n) is 24.2. The van der Waals surface area contributed by atoms with E-state index in [0.29, 0.717) is 46.7 Å². The third kappa shape index (κ3) is 5.23. The van der Waals surface area contributed by atoms with E-state index in [1.54, 1.807) is 37.6 Å². The number of ether oxygens (including phenoxy) is 3. The molecule has 3 fully saturated rings. The maximum Gasteiger partial charge on any atom is 0.335 e. The summed E-state index contributed by atoms with van der Waals surface area (Å²) in [5, 5.41) is 19.1. The fourth-order valence-electron chi connectivity index (χ4n) is 6.47. The van der Waals surface area contributed by atoms with Crippen molar-refractivity contribution in [2.24, 2.45) is 5.92 Å². The number of carboxylic acid groups (broad SMARTS) is 1. The summed E-state index contributed by atoms with van der Waals surface area (Å²) >= 11 is 6.51. The molecule has 4 aromatic rings.